The molecule has 1 saturated heterocycles. The first-order chi connectivity index (χ1) is 9.85. The number of hydrogen-bond donors (Lipinski definition) is 0. The van der Waals surface area contributed by atoms with Gasteiger partial charge in [-0.05, 0) is 87.3 Å². The smallest absolute Gasteiger partial charge is 0.119 e. The summed E-state index contributed by atoms with van der Waals surface area (Å²) in [4.78, 5) is 2.67. The van der Waals surface area contributed by atoms with E-state index in [4.69, 9.17) is 4.74 Å². The summed E-state index contributed by atoms with van der Waals surface area (Å²) in [6.45, 7) is 3.98. The molecule has 1 aromatic rings. The number of rotatable bonds is 4. The second-order valence-electron chi connectivity index (χ2n) is 6.43. The Labute approximate surface area is 123 Å². The van der Waals surface area contributed by atoms with Gasteiger partial charge in [0.15, 0.2) is 0 Å². The summed E-state index contributed by atoms with van der Waals surface area (Å²) in [7, 11) is 1.76. The van der Waals surface area contributed by atoms with Crippen LogP contribution in [0.15, 0.2) is 18.2 Å². The molecule has 1 heterocycles. The first-order valence-electron chi connectivity index (χ1n) is 8.23. The van der Waals surface area contributed by atoms with Gasteiger partial charge in [-0.1, -0.05) is 12.5 Å². The lowest BCUT2D eigenvalue weighted by Crippen LogP contribution is -2.32. The van der Waals surface area contributed by atoms with Crippen molar-refractivity contribution in [3.8, 4) is 5.75 Å². The fourth-order valence-corrected chi connectivity index (χ4v) is 3.73. The minimum Gasteiger partial charge on any atom is -0.497 e. The zero-order valence-electron chi connectivity index (χ0n) is 12.7. The van der Waals surface area contributed by atoms with Crippen LogP contribution in [0.25, 0.3) is 0 Å². The predicted octanol–water partition coefficient (Wildman–Crippen LogP) is 3.68. The van der Waals surface area contributed by atoms with Gasteiger partial charge >= 0.3 is 0 Å². The monoisotopic (exact) mass is 273 g/mol. The van der Waals surface area contributed by atoms with Gasteiger partial charge in [-0.2, -0.15) is 0 Å². The minimum atomic E-state index is 0.887. The van der Waals surface area contributed by atoms with E-state index >= 15 is 0 Å². The molecule has 2 aliphatic rings. The first-order valence-corrected chi connectivity index (χ1v) is 8.23. The summed E-state index contributed by atoms with van der Waals surface area (Å²) >= 11 is 0. The van der Waals surface area contributed by atoms with Crippen LogP contribution in [0.2, 0.25) is 0 Å². The number of fused-ring (bicyclic) bond motifs is 1. The molecule has 1 atom stereocenters. The Bertz CT molecular complexity index is 437. The van der Waals surface area contributed by atoms with Crippen molar-refractivity contribution in [2.45, 2.75) is 44.9 Å². The molecule has 0 aromatic heterocycles. The maximum absolute atomic E-state index is 5.33. The van der Waals surface area contributed by atoms with Crippen LogP contribution in [0.4, 0.5) is 0 Å². The van der Waals surface area contributed by atoms with Crippen LogP contribution in [-0.4, -0.2) is 31.6 Å². The van der Waals surface area contributed by atoms with Crippen molar-refractivity contribution >= 4 is 0 Å². The summed E-state index contributed by atoms with van der Waals surface area (Å²) < 4.78 is 5.33. The quantitative estimate of drug-likeness (QED) is 0.830. The first kappa shape index (κ1) is 13.9. The van der Waals surface area contributed by atoms with Crippen LogP contribution in [0, 0.1) is 5.92 Å². The third-order valence-electron chi connectivity index (χ3n) is 5.05. The number of likely N-dealkylation sites (tertiary alicyclic amines) is 1. The van der Waals surface area contributed by atoms with Crippen LogP contribution in [-0.2, 0) is 12.8 Å². The molecule has 1 aromatic carbocycles. The average molecular weight is 273 g/mol. The topological polar surface area (TPSA) is 12.5 Å². The fraction of sp³-hybridized carbons (Fsp3) is 0.667. The molecule has 2 nitrogen and oxygen atoms in total. The van der Waals surface area contributed by atoms with E-state index in [0.717, 1.165) is 11.7 Å². The molecule has 2 heteroatoms. The zero-order valence-corrected chi connectivity index (χ0v) is 12.7. The highest BCUT2D eigenvalue weighted by Gasteiger charge is 2.20. The molecular weight excluding hydrogens is 246 g/mol. The molecule has 1 fully saturated rings. The highest BCUT2D eigenvalue weighted by Crippen LogP contribution is 2.30. The van der Waals surface area contributed by atoms with Crippen LogP contribution >= 0.6 is 0 Å². The van der Waals surface area contributed by atoms with Crippen LogP contribution < -0.4 is 4.74 Å². The third kappa shape index (κ3) is 3.35. The SMILES string of the molecule is COc1ccc2c(c1)CCC(CCN1CCCCC1)C2. The summed E-state index contributed by atoms with van der Waals surface area (Å²) in [5.74, 6) is 1.90. The van der Waals surface area contributed by atoms with Gasteiger partial charge in [0.25, 0.3) is 0 Å². The van der Waals surface area contributed by atoms with Gasteiger partial charge in [-0.15, -0.1) is 0 Å². The highest BCUT2D eigenvalue weighted by atomic mass is 16.5. The van der Waals surface area contributed by atoms with E-state index in [0.29, 0.717) is 0 Å². The van der Waals surface area contributed by atoms with E-state index in [2.05, 4.69) is 23.1 Å². The molecule has 0 radical (unpaired) electrons. The largest absolute Gasteiger partial charge is 0.497 e. The van der Waals surface area contributed by atoms with Crippen molar-refractivity contribution in [2.24, 2.45) is 5.92 Å². The minimum absolute atomic E-state index is 0.887. The molecule has 1 unspecified atom stereocenters. The van der Waals surface area contributed by atoms with Crippen LogP contribution in [0.1, 0.15) is 43.2 Å². The van der Waals surface area contributed by atoms with Crippen molar-refractivity contribution in [2.75, 3.05) is 26.7 Å². The second-order valence-corrected chi connectivity index (χ2v) is 6.43. The summed E-state index contributed by atoms with van der Waals surface area (Å²) in [5.41, 5.74) is 3.07. The molecular formula is C18H27NO. The number of ether oxygens (including phenoxy) is 1. The molecule has 20 heavy (non-hydrogen) atoms. The number of piperidine rings is 1. The molecule has 0 amide bonds. The summed E-state index contributed by atoms with van der Waals surface area (Å²) in [6.07, 6.45) is 9.50. The Morgan fingerprint density at radius 3 is 2.80 bits per heavy atom. The van der Waals surface area contributed by atoms with Crippen molar-refractivity contribution in [1.82, 2.24) is 4.90 Å². The van der Waals surface area contributed by atoms with E-state index in [9.17, 15) is 0 Å². The number of benzene rings is 1. The lowest BCUT2D eigenvalue weighted by Gasteiger charge is -2.30. The number of methoxy groups -OCH3 is 1. The molecule has 0 spiro atoms. The van der Waals surface area contributed by atoms with E-state index in [1.165, 1.54) is 70.1 Å². The Hall–Kier alpha value is -1.02. The summed E-state index contributed by atoms with van der Waals surface area (Å²) in [5, 5.41) is 0. The zero-order chi connectivity index (χ0) is 13.8. The van der Waals surface area contributed by atoms with Gasteiger partial charge in [0.05, 0.1) is 7.11 Å². The number of aryl methyl sites for hydroxylation is 1. The van der Waals surface area contributed by atoms with E-state index < -0.39 is 0 Å². The van der Waals surface area contributed by atoms with Gasteiger partial charge in [-0.25, -0.2) is 0 Å². The number of nitrogens with zero attached hydrogens (tertiary/aromatic N) is 1. The third-order valence-corrected chi connectivity index (χ3v) is 5.05. The Morgan fingerprint density at radius 2 is 2.00 bits per heavy atom. The van der Waals surface area contributed by atoms with Gasteiger partial charge in [0.2, 0.25) is 0 Å². The van der Waals surface area contributed by atoms with Crippen molar-refractivity contribution < 1.29 is 4.74 Å². The standard InChI is InChI=1S/C18H27NO/c1-20-18-8-7-16-13-15(5-6-17(16)14-18)9-12-19-10-3-2-4-11-19/h7-8,14-15H,2-6,9-13H2,1H3. The molecule has 1 aliphatic heterocycles. The lowest BCUT2D eigenvalue weighted by atomic mass is 9.82. The van der Waals surface area contributed by atoms with Gasteiger partial charge in [0.1, 0.15) is 5.75 Å². The van der Waals surface area contributed by atoms with Crippen LogP contribution in [0.3, 0.4) is 0 Å². The van der Waals surface area contributed by atoms with E-state index in [-0.39, 0.29) is 0 Å². The van der Waals surface area contributed by atoms with Crippen molar-refractivity contribution in [1.29, 1.82) is 0 Å². The Morgan fingerprint density at radius 1 is 1.15 bits per heavy atom. The van der Waals surface area contributed by atoms with Crippen molar-refractivity contribution in [3.63, 3.8) is 0 Å². The normalized spacial score (nSPS) is 23.4. The van der Waals surface area contributed by atoms with Gasteiger partial charge in [-0.3, -0.25) is 0 Å². The lowest BCUT2D eigenvalue weighted by molar-refractivity contribution is 0.209. The molecule has 3 rings (SSSR count). The maximum Gasteiger partial charge on any atom is 0.119 e. The average Bonchev–Trinajstić information content (AvgIpc) is 2.53. The fourth-order valence-electron chi connectivity index (χ4n) is 3.73. The molecule has 0 saturated carbocycles. The Kier molecular flexibility index (Phi) is 4.62. The van der Waals surface area contributed by atoms with Gasteiger partial charge in [0, 0.05) is 0 Å². The highest BCUT2D eigenvalue weighted by molar-refractivity contribution is 5.37. The Balaban J connectivity index is 1.53. The molecule has 1 aliphatic carbocycles. The summed E-state index contributed by atoms with van der Waals surface area (Å²) in [6, 6.07) is 6.63. The molecule has 0 N–H and O–H groups in total. The maximum atomic E-state index is 5.33. The van der Waals surface area contributed by atoms with Crippen LogP contribution in [0.5, 0.6) is 5.75 Å². The van der Waals surface area contributed by atoms with E-state index in [1.54, 1.807) is 12.7 Å². The second kappa shape index (κ2) is 6.62. The van der Waals surface area contributed by atoms with Crippen molar-refractivity contribution in [3.05, 3.63) is 29.3 Å². The molecule has 0 bridgehead atoms. The predicted molar refractivity (Wildman–Crippen MR) is 83.4 cm³/mol. The molecule has 110 valence electrons. The number of hydrogen-bond acceptors (Lipinski definition) is 2. The van der Waals surface area contributed by atoms with E-state index in [1.807, 2.05) is 0 Å². The van der Waals surface area contributed by atoms with Gasteiger partial charge < -0.3 is 9.64 Å².